The number of aromatic amines is 1. The number of carbonyl (C=O) groups excluding carboxylic acids is 2. The minimum Gasteiger partial charge on any atom is -0.486 e. The lowest BCUT2D eigenvalue weighted by molar-refractivity contribution is -0.00569. The standard InChI is InChI=1S/C31H30N8O3/c1-32-29(38-33-2)25-17-21(16-24(36-25)20-6-4-3-5-7-20)30(41)39-14-11-31(12-15-39)19-26(40)23-18-22(8-9-27(23)42-31)35-28-10-13-34-37-28/h3-10,13,16-18,33H,1,11-12,14-15,19H2,2H3,(H2,34,35,37)/b38-29-. The number of amidine groups is 1. The molecule has 2 aromatic heterocycles. The summed E-state index contributed by atoms with van der Waals surface area (Å²) in [5, 5.41) is 14.1. The van der Waals surface area contributed by atoms with E-state index in [1.165, 1.54) is 0 Å². The Balaban J connectivity index is 1.20. The molecule has 3 N–H and O–H groups in total. The van der Waals surface area contributed by atoms with Crippen molar-refractivity contribution >= 4 is 35.7 Å². The number of carbonyl (C=O) groups is 2. The highest BCUT2D eigenvalue weighted by Crippen LogP contribution is 2.40. The van der Waals surface area contributed by atoms with Crippen LogP contribution in [0.5, 0.6) is 5.75 Å². The predicted molar refractivity (Wildman–Crippen MR) is 161 cm³/mol. The van der Waals surface area contributed by atoms with Crippen LogP contribution in [0.3, 0.4) is 0 Å². The number of aromatic nitrogens is 3. The lowest BCUT2D eigenvalue weighted by Crippen LogP contribution is -2.52. The van der Waals surface area contributed by atoms with Gasteiger partial charge in [-0.05, 0) is 37.0 Å². The van der Waals surface area contributed by atoms with Gasteiger partial charge in [0, 0.05) is 55.9 Å². The molecule has 11 heteroatoms. The van der Waals surface area contributed by atoms with Crippen LogP contribution in [0.1, 0.15) is 45.7 Å². The number of hydrazone groups is 1. The Labute approximate surface area is 242 Å². The number of anilines is 2. The van der Waals surface area contributed by atoms with E-state index in [0.717, 1.165) is 17.1 Å². The maximum absolute atomic E-state index is 13.8. The number of rotatable bonds is 6. The maximum atomic E-state index is 13.8. The van der Waals surface area contributed by atoms with Crippen molar-refractivity contribution in [3.05, 3.63) is 89.7 Å². The molecule has 0 atom stereocenters. The number of H-pyrrole nitrogens is 1. The van der Waals surface area contributed by atoms with Crippen LogP contribution in [0.2, 0.25) is 0 Å². The van der Waals surface area contributed by atoms with Crippen molar-refractivity contribution in [1.82, 2.24) is 25.5 Å². The number of benzene rings is 2. The second-order valence-electron chi connectivity index (χ2n) is 10.3. The van der Waals surface area contributed by atoms with E-state index in [2.05, 4.69) is 37.8 Å². The summed E-state index contributed by atoms with van der Waals surface area (Å²) in [4.78, 5) is 37.5. The van der Waals surface area contributed by atoms with E-state index in [4.69, 9.17) is 9.72 Å². The fourth-order valence-electron chi connectivity index (χ4n) is 5.44. The molecule has 1 fully saturated rings. The molecular formula is C31H30N8O3. The van der Waals surface area contributed by atoms with Gasteiger partial charge in [-0.2, -0.15) is 10.2 Å². The minimum atomic E-state index is -0.642. The molecule has 1 spiro atoms. The molecule has 2 aliphatic heterocycles. The van der Waals surface area contributed by atoms with Crippen LogP contribution in [0.15, 0.2) is 83.0 Å². The molecule has 1 amide bonds. The number of likely N-dealkylation sites (tertiary alicyclic amines) is 1. The number of aliphatic imine (C=N–C) groups is 1. The Hall–Kier alpha value is -5.32. The number of nitrogens with one attached hydrogen (secondary N) is 3. The smallest absolute Gasteiger partial charge is 0.254 e. The van der Waals surface area contributed by atoms with Crippen LogP contribution in [0.25, 0.3) is 11.3 Å². The number of ketones is 1. The average molecular weight is 563 g/mol. The number of ether oxygens (including phenoxy) is 1. The largest absolute Gasteiger partial charge is 0.486 e. The van der Waals surface area contributed by atoms with Gasteiger partial charge in [-0.15, -0.1) is 0 Å². The lowest BCUT2D eigenvalue weighted by atomic mass is 9.82. The van der Waals surface area contributed by atoms with E-state index in [-0.39, 0.29) is 23.9 Å². The van der Waals surface area contributed by atoms with Crippen LogP contribution < -0.4 is 15.5 Å². The fourth-order valence-corrected chi connectivity index (χ4v) is 5.44. The van der Waals surface area contributed by atoms with Crippen LogP contribution in [0.4, 0.5) is 11.5 Å². The fraction of sp³-hybridized carbons (Fsp3) is 0.226. The van der Waals surface area contributed by atoms with Gasteiger partial charge >= 0.3 is 0 Å². The Morgan fingerprint density at radius 2 is 1.90 bits per heavy atom. The van der Waals surface area contributed by atoms with Gasteiger partial charge < -0.3 is 20.4 Å². The van der Waals surface area contributed by atoms with Crippen LogP contribution in [-0.4, -0.2) is 70.1 Å². The summed E-state index contributed by atoms with van der Waals surface area (Å²) in [6, 6.07) is 20.4. The van der Waals surface area contributed by atoms with E-state index >= 15 is 0 Å². The maximum Gasteiger partial charge on any atom is 0.254 e. The van der Waals surface area contributed by atoms with Crippen molar-refractivity contribution in [1.29, 1.82) is 0 Å². The molecule has 4 heterocycles. The first kappa shape index (κ1) is 26.9. The summed E-state index contributed by atoms with van der Waals surface area (Å²) in [7, 11) is 1.66. The number of amides is 1. The molecule has 212 valence electrons. The average Bonchev–Trinajstić information content (AvgIpc) is 3.53. The van der Waals surface area contributed by atoms with Gasteiger partial charge in [0.05, 0.1) is 23.9 Å². The van der Waals surface area contributed by atoms with Crippen molar-refractivity contribution in [3.63, 3.8) is 0 Å². The number of hydrogen-bond acceptors (Lipinski definition) is 8. The van der Waals surface area contributed by atoms with E-state index < -0.39 is 5.60 Å². The molecule has 0 bridgehead atoms. The van der Waals surface area contributed by atoms with Gasteiger partial charge in [0.25, 0.3) is 5.91 Å². The highest BCUT2D eigenvalue weighted by molar-refractivity contribution is 6.04. The first-order chi connectivity index (χ1) is 20.5. The normalized spacial score (nSPS) is 16.0. The zero-order chi connectivity index (χ0) is 29.1. The molecule has 0 saturated carbocycles. The second-order valence-corrected chi connectivity index (χ2v) is 10.3. The van der Waals surface area contributed by atoms with Crippen molar-refractivity contribution in [2.24, 2.45) is 10.1 Å². The zero-order valence-corrected chi connectivity index (χ0v) is 23.1. The van der Waals surface area contributed by atoms with Gasteiger partial charge in [0.15, 0.2) is 11.6 Å². The Morgan fingerprint density at radius 1 is 1.10 bits per heavy atom. The molecule has 42 heavy (non-hydrogen) atoms. The third-order valence-corrected chi connectivity index (χ3v) is 7.57. The Morgan fingerprint density at radius 3 is 2.62 bits per heavy atom. The first-order valence-corrected chi connectivity index (χ1v) is 13.7. The topological polar surface area (TPSA) is 137 Å². The second kappa shape index (κ2) is 11.3. The zero-order valence-electron chi connectivity index (χ0n) is 23.1. The molecule has 6 rings (SSSR count). The van der Waals surface area contributed by atoms with Gasteiger partial charge in [-0.1, -0.05) is 30.3 Å². The summed E-state index contributed by atoms with van der Waals surface area (Å²) >= 11 is 0. The number of fused-ring (bicyclic) bond motifs is 1. The molecule has 2 aliphatic rings. The van der Waals surface area contributed by atoms with Crippen molar-refractivity contribution in [3.8, 4) is 17.0 Å². The van der Waals surface area contributed by atoms with Gasteiger partial charge in [-0.25, -0.2) is 9.98 Å². The number of hydrogen-bond donors (Lipinski definition) is 3. The van der Waals surface area contributed by atoms with E-state index in [0.29, 0.717) is 54.2 Å². The van der Waals surface area contributed by atoms with Crippen LogP contribution >= 0.6 is 0 Å². The van der Waals surface area contributed by atoms with Crippen LogP contribution in [0, 0.1) is 0 Å². The highest BCUT2D eigenvalue weighted by Gasteiger charge is 2.44. The SMILES string of the molecule is C=N/C(=N\NC)c1cc(C(=O)N2CCC3(CC2)CC(=O)c2cc(Nc4ccn[nH]4)ccc2O3)cc(-c2ccccc2)n1. The highest BCUT2D eigenvalue weighted by atomic mass is 16.5. The molecule has 0 aliphatic carbocycles. The minimum absolute atomic E-state index is 0.0313. The first-order valence-electron chi connectivity index (χ1n) is 13.7. The van der Waals surface area contributed by atoms with E-state index in [1.54, 1.807) is 36.3 Å². The Bertz CT molecular complexity index is 1660. The molecule has 0 radical (unpaired) electrons. The number of Topliss-reactive ketones (excluding diaryl/α,β-unsaturated/α-hetero) is 1. The third kappa shape index (κ3) is 5.36. The summed E-state index contributed by atoms with van der Waals surface area (Å²) in [5.41, 5.74) is 5.82. The van der Waals surface area contributed by atoms with E-state index in [9.17, 15) is 9.59 Å². The molecule has 2 aromatic carbocycles. The number of piperidine rings is 1. The van der Waals surface area contributed by atoms with Gasteiger partial charge in [0.1, 0.15) is 22.9 Å². The third-order valence-electron chi connectivity index (χ3n) is 7.57. The van der Waals surface area contributed by atoms with Gasteiger partial charge in [0.2, 0.25) is 0 Å². The number of pyridine rings is 1. The molecule has 4 aromatic rings. The molecule has 11 nitrogen and oxygen atoms in total. The summed E-state index contributed by atoms with van der Waals surface area (Å²) < 4.78 is 6.47. The summed E-state index contributed by atoms with van der Waals surface area (Å²) in [5.74, 6) is 1.49. The van der Waals surface area contributed by atoms with Crippen LogP contribution in [-0.2, 0) is 0 Å². The number of nitrogens with zero attached hydrogens (tertiary/aromatic N) is 5. The molecular weight excluding hydrogens is 532 g/mol. The van der Waals surface area contributed by atoms with Crippen molar-refractivity contribution in [2.75, 3.05) is 25.5 Å². The Kier molecular flexibility index (Phi) is 7.22. The van der Waals surface area contributed by atoms with Gasteiger partial charge in [-0.3, -0.25) is 14.7 Å². The van der Waals surface area contributed by atoms with Crippen molar-refractivity contribution in [2.45, 2.75) is 24.9 Å². The summed E-state index contributed by atoms with van der Waals surface area (Å²) in [6.07, 6.45) is 3.01. The molecule has 0 unspecified atom stereocenters. The lowest BCUT2D eigenvalue weighted by Gasteiger charge is -2.44. The quantitative estimate of drug-likeness (QED) is 0.180. The van der Waals surface area contributed by atoms with Crippen molar-refractivity contribution < 1.29 is 14.3 Å². The predicted octanol–water partition coefficient (Wildman–Crippen LogP) is 4.44. The molecule has 1 saturated heterocycles. The van der Waals surface area contributed by atoms with E-state index in [1.807, 2.05) is 48.5 Å². The summed E-state index contributed by atoms with van der Waals surface area (Å²) in [6.45, 7) is 4.52. The monoisotopic (exact) mass is 562 g/mol.